The van der Waals surface area contributed by atoms with E-state index < -0.39 is 0 Å². The lowest BCUT2D eigenvalue weighted by Crippen LogP contribution is -2.24. The predicted molar refractivity (Wildman–Crippen MR) is 95.6 cm³/mol. The molecule has 0 heterocycles. The van der Waals surface area contributed by atoms with Gasteiger partial charge in [-0.05, 0) is 30.7 Å². The minimum Gasteiger partial charge on any atom is -0.465 e. The van der Waals surface area contributed by atoms with Crippen LogP contribution < -0.4 is 5.32 Å². The number of hydrogen-bond acceptors (Lipinski definition) is 4. The van der Waals surface area contributed by atoms with Gasteiger partial charge in [-0.25, -0.2) is 4.79 Å². The summed E-state index contributed by atoms with van der Waals surface area (Å²) >= 11 is 1.39. The van der Waals surface area contributed by atoms with Gasteiger partial charge in [-0.1, -0.05) is 49.4 Å². The Balaban J connectivity index is 2.25. The average Bonchev–Trinajstić information content (AvgIpc) is 2.62. The molecule has 0 bridgehead atoms. The third kappa shape index (κ3) is 4.61. The van der Waals surface area contributed by atoms with E-state index in [0.29, 0.717) is 17.7 Å². The third-order valence-electron chi connectivity index (χ3n) is 3.46. The summed E-state index contributed by atoms with van der Waals surface area (Å²) in [6.07, 6.45) is 1.98. The Labute approximate surface area is 146 Å². The van der Waals surface area contributed by atoms with Crippen LogP contribution in [-0.4, -0.2) is 25.5 Å². The number of hydrogen-bond donors (Lipinski definition) is 1. The van der Waals surface area contributed by atoms with E-state index in [2.05, 4.69) is 12.2 Å². The van der Waals surface area contributed by atoms with Crippen LogP contribution in [0.15, 0.2) is 58.3 Å². The maximum atomic E-state index is 12.4. The maximum absolute atomic E-state index is 12.4. The van der Waals surface area contributed by atoms with E-state index in [9.17, 15) is 9.59 Å². The highest BCUT2D eigenvalue weighted by molar-refractivity contribution is 7.99. The highest BCUT2D eigenvalue weighted by Gasteiger charge is 2.16. The molecule has 2 aromatic carbocycles. The van der Waals surface area contributed by atoms with Gasteiger partial charge in [0.15, 0.2) is 0 Å². The highest BCUT2D eigenvalue weighted by atomic mass is 32.2. The van der Waals surface area contributed by atoms with Crippen molar-refractivity contribution in [3.05, 3.63) is 59.7 Å². The molecule has 5 heteroatoms. The van der Waals surface area contributed by atoms with Crippen LogP contribution in [0, 0.1) is 0 Å². The zero-order chi connectivity index (χ0) is 17.4. The molecule has 0 spiro atoms. The molecule has 1 N–H and O–H groups in total. The van der Waals surface area contributed by atoms with Crippen molar-refractivity contribution in [3.63, 3.8) is 0 Å². The van der Waals surface area contributed by atoms with Crippen LogP contribution in [0.1, 0.15) is 40.5 Å². The third-order valence-corrected chi connectivity index (χ3v) is 4.61. The fourth-order valence-electron chi connectivity index (χ4n) is 2.17. The molecule has 0 unspecified atom stereocenters. The predicted octanol–water partition coefficient (Wildman–Crippen LogP) is 4.15. The molecule has 0 aliphatic rings. The van der Waals surface area contributed by atoms with Crippen LogP contribution in [0.25, 0.3) is 0 Å². The second kappa shape index (κ2) is 9.13. The Bertz CT molecular complexity index is 715. The average molecular weight is 343 g/mol. The van der Waals surface area contributed by atoms with E-state index in [4.69, 9.17) is 4.74 Å². The summed E-state index contributed by atoms with van der Waals surface area (Å²) < 4.78 is 4.83. The number of amides is 1. The van der Waals surface area contributed by atoms with Crippen LogP contribution in [0.5, 0.6) is 0 Å². The second-order valence-corrected chi connectivity index (χ2v) is 6.28. The zero-order valence-corrected chi connectivity index (χ0v) is 14.7. The minimum atomic E-state index is -0.386. The monoisotopic (exact) mass is 343 g/mol. The van der Waals surface area contributed by atoms with Gasteiger partial charge in [0.25, 0.3) is 5.91 Å². The number of carbonyl (C=O) groups is 2. The first kappa shape index (κ1) is 18.1. The van der Waals surface area contributed by atoms with Gasteiger partial charge in [-0.3, -0.25) is 4.79 Å². The first-order chi connectivity index (χ1) is 11.7. The van der Waals surface area contributed by atoms with Crippen molar-refractivity contribution in [2.24, 2.45) is 0 Å². The molecule has 0 atom stereocenters. The number of carbonyl (C=O) groups excluding carboxylic acids is 2. The van der Waals surface area contributed by atoms with Gasteiger partial charge >= 0.3 is 5.97 Å². The fourth-order valence-corrected chi connectivity index (χ4v) is 3.23. The number of methoxy groups -OCH3 is 1. The lowest BCUT2D eigenvalue weighted by Gasteiger charge is -2.11. The Morgan fingerprint density at radius 1 is 1.00 bits per heavy atom. The molecular weight excluding hydrogens is 322 g/mol. The van der Waals surface area contributed by atoms with Crippen molar-refractivity contribution in [1.29, 1.82) is 0 Å². The van der Waals surface area contributed by atoms with Crippen LogP contribution in [0.3, 0.4) is 0 Å². The zero-order valence-electron chi connectivity index (χ0n) is 13.9. The molecule has 0 aromatic heterocycles. The number of unbranched alkanes of at least 4 members (excludes halogenated alkanes) is 1. The van der Waals surface area contributed by atoms with Crippen LogP contribution in [0.4, 0.5) is 0 Å². The first-order valence-corrected chi connectivity index (χ1v) is 8.71. The molecule has 2 aromatic rings. The number of nitrogens with one attached hydrogen (secondary N) is 1. The van der Waals surface area contributed by atoms with E-state index >= 15 is 0 Å². The van der Waals surface area contributed by atoms with E-state index in [1.54, 1.807) is 18.2 Å². The number of rotatable bonds is 7. The first-order valence-electron chi connectivity index (χ1n) is 7.89. The SMILES string of the molecule is CCCCNC(=O)c1ccccc1Sc1ccccc1C(=O)OC. The normalized spacial score (nSPS) is 10.2. The van der Waals surface area contributed by atoms with Crippen molar-refractivity contribution in [2.75, 3.05) is 13.7 Å². The molecule has 2 rings (SSSR count). The number of benzene rings is 2. The van der Waals surface area contributed by atoms with Gasteiger partial charge in [-0.15, -0.1) is 0 Å². The molecule has 126 valence electrons. The van der Waals surface area contributed by atoms with Gasteiger partial charge in [0, 0.05) is 16.3 Å². The van der Waals surface area contributed by atoms with Crippen LogP contribution in [-0.2, 0) is 4.74 Å². The van der Waals surface area contributed by atoms with Crippen molar-refractivity contribution in [3.8, 4) is 0 Å². The summed E-state index contributed by atoms with van der Waals surface area (Å²) in [7, 11) is 1.36. The Morgan fingerprint density at radius 3 is 2.21 bits per heavy atom. The summed E-state index contributed by atoms with van der Waals surface area (Å²) in [4.78, 5) is 25.9. The second-order valence-electron chi connectivity index (χ2n) is 5.20. The largest absolute Gasteiger partial charge is 0.465 e. The highest BCUT2D eigenvalue weighted by Crippen LogP contribution is 2.33. The molecular formula is C19H21NO3S. The summed E-state index contributed by atoms with van der Waals surface area (Å²) in [5, 5.41) is 2.93. The van der Waals surface area contributed by atoms with Crippen molar-refractivity contribution >= 4 is 23.6 Å². The molecule has 0 fully saturated rings. The Morgan fingerprint density at radius 2 is 1.58 bits per heavy atom. The smallest absolute Gasteiger partial charge is 0.339 e. The Hall–Kier alpha value is -2.27. The summed E-state index contributed by atoms with van der Waals surface area (Å²) in [6.45, 7) is 2.74. The van der Waals surface area contributed by atoms with Gasteiger partial charge in [0.2, 0.25) is 0 Å². The molecule has 0 saturated heterocycles. The molecule has 4 nitrogen and oxygen atoms in total. The van der Waals surface area contributed by atoms with Crippen molar-refractivity contribution in [2.45, 2.75) is 29.6 Å². The van der Waals surface area contributed by atoms with Gasteiger partial charge < -0.3 is 10.1 Å². The lowest BCUT2D eigenvalue weighted by atomic mass is 10.2. The van der Waals surface area contributed by atoms with E-state index in [1.165, 1.54) is 18.9 Å². The molecule has 0 aliphatic carbocycles. The van der Waals surface area contributed by atoms with Crippen molar-refractivity contribution < 1.29 is 14.3 Å². The molecule has 1 amide bonds. The van der Waals surface area contributed by atoms with E-state index in [0.717, 1.165) is 22.6 Å². The number of ether oxygens (including phenoxy) is 1. The molecule has 0 aliphatic heterocycles. The summed E-state index contributed by atoms with van der Waals surface area (Å²) in [5.74, 6) is -0.481. The van der Waals surface area contributed by atoms with Gasteiger partial charge in [-0.2, -0.15) is 0 Å². The topological polar surface area (TPSA) is 55.4 Å². The minimum absolute atomic E-state index is 0.0953. The van der Waals surface area contributed by atoms with Gasteiger partial charge in [0.1, 0.15) is 0 Å². The van der Waals surface area contributed by atoms with Gasteiger partial charge in [0.05, 0.1) is 18.2 Å². The fraction of sp³-hybridized carbons (Fsp3) is 0.263. The van der Waals surface area contributed by atoms with Crippen LogP contribution in [0.2, 0.25) is 0 Å². The standard InChI is InChI=1S/C19H21NO3S/c1-3-4-13-20-18(21)14-9-5-7-11-16(14)24-17-12-8-6-10-15(17)19(22)23-2/h5-12H,3-4,13H2,1-2H3,(H,20,21). The number of esters is 1. The quantitative estimate of drug-likeness (QED) is 0.606. The Kier molecular flexibility index (Phi) is 6.88. The van der Waals surface area contributed by atoms with Crippen LogP contribution >= 0.6 is 11.8 Å². The summed E-state index contributed by atoms with van der Waals surface area (Å²) in [6, 6.07) is 14.6. The molecule has 0 saturated carbocycles. The molecule has 24 heavy (non-hydrogen) atoms. The van der Waals surface area contributed by atoms with Crippen molar-refractivity contribution in [1.82, 2.24) is 5.32 Å². The van der Waals surface area contributed by atoms with E-state index in [-0.39, 0.29) is 11.9 Å². The van der Waals surface area contributed by atoms with E-state index in [1.807, 2.05) is 30.3 Å². The summed E-state index contributed by atoms with van der Waals surface area (Å²) in [5.41, 5.74) is 1.10. The lowest BCUT2D eigenvalue weighted by molar-refractivity contribution is 0.0596. The maximum Gasteiger partial charge on any atom is 0.339 e. The molecule has 0 radical (unpaired) electrons.